The number of nitrogens with zero attached hydrogens (tertiary/aromatic N) is 3. The van der Waals surface area contributed by atoms with E-state index in [1.807, 2.05) is 0 Å². The summed E-state index contributed by atoms with van der Waals surface area (Å²) in [6.45, 7) is 11.3. The summed E-state index contributed by atoms with van der Waals surface area (Å²) >= 11 is 0. The molecule has 0 spiro atoms. The molecule has 1 aliphatic heterocycles. The van der Waals surface area contributed by atoms with E-state index >= 15 is 0 Å². The summed E-state index contributed by atoms with van der Waals surface area (Å²) in [5.74, 6) is -0.774. The molecule has 0 aliphatic carbocycles. The Hall–Kier alpha value is -4.15. The number of rotatable bonds is 6. The molecule has 2 heterocycles. The van der Waals surface area contributed by atoms with Gasteiger partial charge in [0.2, 0.25) is 0 Å². The molecular weight excluding hydrogens is 500 g/mol. The van der Waals surface area contributed by atoms with Gasteiger partial charge < -0.3 is 25.4 Å². The van der Waals surface area contributed by atoms with Crippen LogP contribution >= 0.6 is 0 Å². The van der Waals surface area contributed by atoms with E-state index < -0.39 is 34.7 Å². The minimum absolute atomic E-state index is 0.124. The van der Waals surface area contributed by atoms with Crippen molar-refractivity contribution in [2.45, 2.75) is 71.1 Å². The Labute approximate surface area is 229 Å². The third-order valence-electron chi connectivity index (χ3n) is 5.84. The average molecular weight is 539 g/mol. The number of carbonyl (C=O) groups is 3. The number of pyridine rings is 1. The smallest absolute Gasteiger partial charge is 0.410 e. The van der Waals surface area contributed by atoms with Gasteiger partial charge in [0, 0.05) is 36.7 Å². The molecule has 0 atom stereocenters. The van der Waals surface area contributed by atoms with Crippen LogP contribution in [0, 0.1) is 0 Å². The largest absolute Gasteiger partial charge is 0.456 e. The van der Waals surface area contributed by atoms with Gasteiger partial charge in [-0.05, 0) is 84.7 Å². The number of piperidine rings is 1. The lowest BCUT2D eigenvalue weighted by Gasteiger charge is -2.41. The molecule has 11 heteroatoms. The molecule has 4 N–H and O–H groups in total. The minimum atomic E-state index is -1.15. The molecule has 1 fully saturated rings. The molecule has 0 bridgehead atoms. The zero-order chi connectivity index (χ0) is 28.8. The van der Waals surface area contributed by atoms with E-state index in [1.54, 1.807) is 95.2 Å². The lowest BCUT2D eigenvalue weighted by atomic mass is 9.86. The van der Waals surface area contributed by atoms with Gasteiger partial charge in [0.1, 0.15) is 16.7 Å². The van der Waals surface area contributed by atoms with E-state index in [1.165, 1.54) is 0 Å². The molecule has 0 unspecified atom stereocenters. The fraction of sp³-hybridized carbons (Fsp3) is 0.464. The molecule has 39 heavy (non-hydrogen) atoms. The van der Waals surface area contributed by atoms with Crippen LogP contribution in [0.4, 0.5) is 10.5 Å². The first-order valence-electron chi connectivity index (χ1n) is 12.8. The summed E-state index contributed by atoms with van der Waals surface area (Å²) in [6.07, 6.45) is 3.24. The maximum atomic E-state index is 13.6. The second-order valence-electron chi connectivity index (χ2n) is 11.4. The highest BCUT2D eigenvalue weighted by molar-refractivity contribution is 5.99. The van der Waals surface area contributed by atoms with E-state index in [0.29, 0.717) is 16.8 Å². The Bertz CT molecular complexity index is 1210. The van der Waals surface area contributed by atoms with Crippen LogP contribution < -0.4 is 16.5 Å². The fourth-order valence-electron chi connectivity index (χ4n) is 3.95. The quantitative estimate of drug-likeness (QED) is 0.218. The van der Waals surface area contributed by atoms with Crippen molar-refractivity contribution in [1.82, 2.24) is 15.3 Å². The van der Waals surface area contributed by atoms with E-state index in [4.69, 9.17) is 15.2 Å². The fourth-order valence-corrected chi connectivity index (χ4v) is 3.95. The van der Waals surface area contributed by atoms with Crippen molar-refractivity contribution in [2.24, 2.45) is 10.8 Å². The van der Waals surface area contributed by atoms with Crippen LogP contribution in [0.1, 0.15) is 70.3 Å². The van der Waals surface area contributed by atoms with Gasteiger partial charge in [-0.3, -0.25) is 9.78 Å². The summed E-state index contributed by atoms with van der Waals surface area (Å²) < 4.78 is 11.0. The van der Waals surface area contributed by atoms with Crippen molar-refractivity contribution >= 4 is 29.5 Å². The van der Waals surface area contributed by atoms with Crippen LogP contribution in [0.15, 0.2) is 53.9 Å². The second-order valence-corrected chi connectivity index (χ2v) is 11.4. The van der Waals surface area contributed by atoms with Crippen LogP contribution in [-0.2, 0) is 14.3 Å². The van der Waals surface area contributed by atoms with Crippen LogP contribution in [0.2, 0.25) is 0 Å². The number of anilines is 1. The van der Waals surface area contributed by atoms with Gasteiger partial charge in [-0.25, -0.2) is 15.0 Å². The van der Waals surface area contributed by atoms with Gasteiger partial charge in [0.15, 0.2) is 5.84 Å². The molecule has 0 radical (unpaired) electrons. The normalized spacial score (nSPS) is 15.7. The van der Waals surface area contributed by atoms with Gasteiger partial charge >= 0.3 is 12.1 Å². The molecule has 1 aromatic heterocycles. The maximum absolute atomic E-state index is 13.6. The molecule has 2 amide bonds. The predicted molar refractivity (Wildman–Crippen MR) is 148 cm³/mol. The summed E-state index contributed by atoms with van der Waals surface area (Å²) in [5.41, 5.74) is 7.70. The predicted octanol–water partition coefficient (Wildman–Crippen LogP) is 3.66. The van der Waals surface area contributed by atoms with Crippen molar-refractivity contribution in [2.75, 3.05) is 18.4 Å². The topological polar surface area (TPSA) is 148 Å². The summed E-state index contributed by atoms with van der Waals surface area (Å²) in [5, 5.41) is 7.40. The molecule has 3 rings (SSSR count). The number of hydrogen-bond donors (Lipinski definition) is 3. The summed E-state index contributed by atoms with van der Waals surface area (Å²) in [7, 11) is 0. The van der Waals surface area contributed by atoms with Gasteiger partial charge in [-0.1, -0.05) is 6.07 Å². The highest BCUT2D eigenvalue weighted by Crippen LogP contribution is 2.29. The Balaban J connectivity index is 1.84. The van der Waals surface area contributed by atoms with E-state index in [-0.39, 0.29) is 31.8 Å². The number of carbonyl (C=O) groups excluding carboxylic acids is 3. The van der Waals surface area contributed by atoms with Crippen LogP contribution in [0.3, 0.4) is 0 Å². The Morgan fingerprint density at radius 1 is 0.949 bits per heavy atom. The van der Waals surface area contributed by atoms with Crippen molar-refractivity contribution < 1.29 is 23.9 Å². The Kier molecular flexibility index (Phi) is 8.83. The number of ether oxygens (including phenoxy) is 2. The monoisotopic (exact) mass is 538 g/mol. The first-order valence-corrected chi connectivity index (χ1v) is 12.8. The Morgan fingerprint density at radius 2 is 1.56 bits per heavy atom. The van der Waals surface area contributed by atoms with E-state index in [9.17, 15) is 14.4 Å². The van der Waals surface area contributed by atoms with Crippen molar-refractivity contribution in [3.8, 4) is 0 Å². The van der Waals surface area contributed by atoms with Gasteiger partial charge in [0.05, 0.1) is 5.56 Å². The van der Waals surface area contributed by atoms with Gasteiger partial charge in [0.25, 0.3) is 5.91 Å². The Morgan fingerprint density at radius 3 is 2.15 bits per heavy atom. The maximum Gasteiger partial charge on any atom is 0.410 e. The van der Waals surface area contributed by atoms with Crippen LogP contribution in [0.5, 0.6) is 0 Å². The van der Waals surface area contributed by atoms with Crippen molar-refractivity contribution in [3.05, 3.63) is 59.9 Å². The molecule has 2 aromatic rings. The van der Waals surface area contributed by atoms with Crippen LogP contribution in [0.25, 0.3) is 0 Å². The number of nitrogens with two attached hydrogens (primary N) is 1. The zero-order valence-corrected chi connectivity index (χ0v) is 23.4. The number of benzene rings is 1. The lowest BCUT2D eigenvalue weighted by molar-refractivity contribution is -0.127. The van der Waals surface area contributed by atoms with Gasteiger partial charge in [-0.15, -0.1) is 0 Å². The third kappa shape index (κ3) is 8.42. The summed E-state index contributed by atoms with van der Waals surface area (Å²) in [6, 6.07) is 10.1. The van der Waals surface area contributed by atoms with Crippen molar-refractivity contribution in [3.63, 3.8) is 0 Å². The number of nitrogens with one attached hydrogen (secondary N) is 2. The zero-order valence-electron chi connectivity index (χ0n) is 23.4. The lowest BCUT2D eigenvalue weighted by Crippen LogP contribution is -2.58. The number of hydrazone groups is 1. The highest BCUT2D eigenvalue weighted by atomic mass is 16.6. The molecule has 1 saturated heterocycles. The number of esters is 1. The van der Waals surface area contributed by atoms with Gasteiger partial charge in [-0.2, -0.15) is 5.10 Å². The number of amides is 2. The third-order valence-corrected chi connectivity index (χ3v) is 5.84. The standard InChI is InChI=1S/C28H38N6O5/c1-26(2,3)38-23(35)20-8-7-9-21(18-20)31-28(12-16-34(17-13-28)25(37)39-27(4,5)6)24(36)33-32-22(29)19-10-14-30-15-11-19/h7-11,14-15,18,31H,12-13,16-17H2,1-6H3,(H2,29,32)(H,33,36). The highest BCUT2D eigenvalue weighted by Gasteiger charge is 2.43. The minimum Gasteiger partial charge on any atom is -0.456 e. The SMILES string of the molecule is CC(C)(C)OC(=O)c1cccc(NC2(C(=O)N/N=C(\N)c3ccncc3)CCN(C(=O)OC(C)(C)C)CC2)c1. The molecule has 11 nitrogen and oxygen atoms in total. The van der Waals surface area contributed by atoms with E-state index in [0.717, 1.165) is 0 Å². The molecule has 1 aromatic carbocycles. The number of likely N-dealkylation sites (tertiary alicyclic amines) is 1. The van der Waals surface area contributed by atoms with Crippen molar-refractivity contribution in [1.29, 1.82) is 0 Å². The molecular formula is C28H38N6O5. The average Bonchev–Trinajstić information content (AvgIpc) is 2.86. The summed E-state index contributed by atoms with van der Waals surface area (Å²) in [4.78, 5) is 44.4. The first kappa shape index (κ1) is 29.4. The number of aromatic nitrogens is 1. The number of amidine groups is 1. The first-order chi connectivity index (χ1) is 18.2. The molecule has 0 saturated carbocycles. The molecule has 1 aliphatic rings. The van der Waals surface area contributed by atoms with E-state index in [2.05, 4.69) is 20.8 Å². The molecule has 210 valence electrons. The van der Waals surface area contributed by atoms with Crippen LogP contribution in [-0.4, -0.2) is 63.5 Å². The second kappa shape index (κ2) is 11.7. The number of hydrogen-bond acceptors (Lipinski definition) is 8.